The number of hydrogen-bond donors (Lipinski definition) is 1. The van der Waals surface area contributed by atoms with Crippen molar-refractivity contribution in [1.29, 1.82) is 0 Å². The molecule has 45 heavy (non-hydrogen) atoms. The maximum absolute atomic E-state index is 14.3. The van der Waals surface area contributed by atoms with E-state index < -0.39 is 23.7 Å². The van der Waals surface area contributed by atoms with Gasteiger partial charge in [0.05, 0.1) is 30.7 Å². The van der Waals surface area contributed by atoms with Crippen molar-refractivity contribution in [2.75, 3.05) is 36.1 Å². The van der Waals surface area contributed by atoms with Crippen LogP contribution < -0.4 is 9.80 Å². The monoisotopic (exact) mass is 600 g/mol. The van der Waals surface area contributed by atoms with E-state index in [1.54, 1.807) is 6.92 Å². The number of phenols is 1. The number of ether oxygens (including phenoxy) is 1. The zero-order valence-electron chi connectivity index (χ0n) is 24.9. The molecule has 3 aliphatic carbocycles. The van der Waals surface area contributed by atoms with Crippen molar-refractivity contribution in [3.05, 3.63) is 101 Å². The number of Topliss-reactive ketones (excluding diaryl/α,β-unsaturated/α-hetero) is 1. The van der Waals surface area contributed by atoms with Gasteiger partial charge in [-0.3, -0.25) is 24.1 Å². The average Bonchev–Trinajstić information content (AvgIpc) is 3.33. The average molecular weight is 601 g/mol. The molecule has 0 saturated carbocycles. The molecule has 8 rings (SSSR count). The number of carbonyl (C=O) groups is 4. The Labute approximate surface area is 260 Å². The number of imide groups is 1. The fourth-order valence-electron chi connectivity index (χ4n) is 8.11. The van der Waals surface area contributed by atoms with Crippen LogP contribution in [0.5, 0.6) is 5.75 Å². The summed E-state index contributed by atoms with van der Waals surface area (Å²) in [5.41, 5.74) is 3.99. The molecule has 0 radical (unpaired) electrons. The van der Waals surface area contributed by atoms with Crippen molar-refractivity contribution < 1.29 is 29.0 Å². The molecule has 4 atom stereocenters. The van der Waals surface area contributed by atoms with Crippen LogP contribution in [-0.4, -0.2) is 54.8 Å². The summed E-state index contributed by atoms with van der Waals surface area (Å²) in [5.74, 6) is -3.35. The van der Waals surface area contributed by atoms with Crippen molar-refractivity contribution >= 4 is 45.5 Å². The number of amides is 2. The second-order valence-electron chi connectivity index (χ2n) is 12.6. The molecule has 8 heteroatoms. The number of rotatable bonds is 3. The van der Waals surface area contributed by atoms with E-state index in [0.29, 0.717) is 53.0 Å². The smallest absolute Gasteiger partial charge is 0.238 e. The molecule has 2 saturated heterocycles. The zero-order chi connectivity index (χ0) is 31.0. The van der Waals surface area contributed by atoms with Crippen LogP contribution in [0.1, 0.15) is 31.2 Å². The molecule has 3 aromatic carbocycles. The summed E-state index contributed by atoms with van der Waals surface area (Å²) in [5, 5.41) is 13.1. The Balaban J connectivity index is 1.20. The highest BCUT2D eigenvalue weighted by atomic mass is 16.5. The molecule has 2 aliphatic heterocycles. The number of ketones is 2. The van der Waals surface area contributed by atoms with Gasteiger partial charge < -0.3 is 14.7 Å². The van der Waals surface area contributed by atoms with Gasteiger partial charge in [-0.05, 0) is 61.4 Å². The Kier molecular flexibility index (Phi) is 6.39. The minimum absolute atomic E-state index is 0.0527. The molecular formula is C37H32N2O6. The third-order valence-corrected chi connectivity index (χ3v) is 10.3. The molecule has 1 N–H and O–H groups in total. The number of hydrogen-bond acceptors (Lipinski definition) is 7. The third-order valence-electron chi connectivity index (χ3n) is 10.3. The molecular weight excluding hydrogens is 568 g/mol. The Morgan fingerprint density at radius 2 is 1.58 bits per heavy atom. The third kappa shape index (κ3) is 4.15. The first-order chi connectivity index (χ1) is 21.8. The van der Waals surface area contributed by atoms with Crippen molar-refractivity contribution in [1.82, 2.24) is 0 Å². The molecule has 0 aromatic heterocycles. The molecule has 0 spiro atoms. The topological polar surface area (TPSA) is 104 Å². The van der Waals surface area contributed by atoms with Gasteiger partial charge in [0.1, 0.15) is 5.75 Å². The second-order valence-corrected chi connectivity index (χ2v) is 12.6. The number of anilines is 2. The number of allylic oxidation sites excluding steroid dienone is 6. The van der Waals surface area contributed by atoms with E-state index in [1.807, 2.05) is 66.7 Å². The van der Waals surface area contributed by atoms with Crippen molar-refractivity contribution in [2.24, 2.45) is 17.8 Å². The largest absolute Gasteiger partial charge is 0.507 e. The van der Waals surface area contributed by atoms with Gasteiger partial charge in [-0.25, -0.2) is 0 Å². The van der Waals surface area contributed by atoms with Gasteiger partial charge in [-0.1, -0.05) is 48.0 Å². The van der Waals surface area contributed by atoms with E-state index in [4.69, 9.17) is 4.74 Å². The van der Waals surface area contributed by atoms with E-state index in [-0.39, 0.29) is 35.6 Å². The molecule has 0 bridgehead atoms. The first-order valence-corrected chi connectivity index (χ1v) is 15.5. The van der Waals surface area contributed by atoms with Gasteiger partial charge in [0.25, 0.3) is 0 Å². The summed E-state index contributed by atoms with van der Waals surface area (Å²) < 4.78 is 5.46. The van der Waals surface area contributed by atoms with Crippen LogP contribution in [0.2, 0.25) is 0 Å². The lowest BCUT2D eigenvalue weighted by Crippen LogP contribution is -2.39. The predicted molar refractivity (Wildman–Crippen MR) is 169 cm³/mol. The SMILES string of the molecule is CC1=CC(=O)C2=C(C1=O)C(c1ccc3ccccc3c1O)C1=CCC3C(=O)N(c4ccc(N5CCOCC5)cc4)C(=O)C3C1C2. The Morgan fingerprint density at radius 3 is 2.36 bits per heavy atom. The van der Waals surface area contributed by atoms with Crippen molar-refractivity contribution in [3.63, 3.8) is 0 Å². The summed E-state index contributed by atoms with van der Waals surface area (Å²) in [7, 11) is 0. The minimum atomic E-state index is -0.700. The highest BCUT2D eigenvalue weighted by Gasteiger charge is 2.56. The van der Waals surface area contributed by atoms with Gasteiger partial charge in [0.2, 0.25) is 11.8 Å². The van der Waals surface area contributed by atoms with Crippen molar-refractivity contribution in [2.45, 2.75) is 25.7 Å². The standard InChI is InChI=1S/C37H32N2O6/c1-20-18-30(40)29-19-28-25(31(33(29)34(20)41)26-11-6-21-4-2-3-5-24(21)35(26)42)12-13-27-32(28)37(44)39(36(27)43)23-9-7-22(8-10-23)38-14-16-45-17-15-38/h2-12,18,27-28,31-32,42H,13-17,19H2,1H3. The van der Waals surface area contributed by atoms with Crippen LogP contribution in [0.25, 0.3) is 10.8 Å². The molecule has 226 valence electrons. The second kappa shape index (κ2) is 10.4. The number of phenolic OH excluding ortho intramolecular Hbond substituents is 1. The fourth-order valence-corrected chi connectivity index (χ4v) is 8.11. The van der Waals surface area contributed by atoms with Crippen LogP contribution in [0.15, 0.2) is 95.1 Å². The fraction of sp³-hybridized carbons (Fsp3) is 0.297. The predicted octanol–water partition coefficient (Wildman–Crippen LogP) is 5.02. The summed E-state index contributed by atoms with van der Waals surface area (Å²) in [4.78, 5) is 58.9. The van der Waals surface area contributed by atoms with E-state index in [2.05, 4.69) is 4.90 Å². The Morgan fingerprint density at radius 1 is 0.844 bits per heavy atom. The lowest BCUT2D eigenvalue weighted by atomic mass is 9.59. The summed E-state index contributed by atoms with van der Waals surface area (Å²) >= 11 is 0. The van der Waals surface area contributed by atoms with Gasteiger partial charge in [-0.2, -0.15) is 0 Å². The van der Waals surface area contributed by atoms with Crippen LogP contribution in [0, 0.1) is 17.8 Å². The lowest BCUT2D eigenvalue weighted by Gasteiger charge is -2.42. The van der Waals surface area contributed by atoms with Gasteiger partial charge in [0, 0.05) is 52.4 Å². The van der Waals surface area contributed by atoms with Crippen LogP contribution >= 0.6 is 0 Å². The molecule has 3 aromatic rings. The highest BCUT2D eigenvalue weighted by molar-refractivity contribution is 6.25. The highest BCUT2D eigenvalue weighted by Crippen LogP contribution is 2.57. The number of morpholine rings is 1. The van der Waals surface area contributed by atoms with Crippen molar-refractivity contribution in [3.8, 4) is 5.75 Å². The molecule has 8 nitrogen and oxygen atoms in total. The number of fused-ring (bicyclic) bond motifs is 4. The van der Waals surface area contributed by atoms with Gasteiger partial charge in [-0.15, -0.1) is 0 Å². The normalized spacial score (nSPS) is 26.5. The van der Waals surface area contributed by atoms with Crippen LogP contribution in [0.4, 0.5) is 11.4 Å². The number of benzene rings is 3. The lowest BCUT2D eigenvalue weighted by molar-refractivity contribution is -0.123. The number of carbonyl (C=O) groups excluding carboxylic acids is 4. The first kappa shape index (κ1) is 27.7. The van der Waals surface area contributed by atoms with E-state index in [9.17, 15) is 24.3 Å². The zero-order valence-corrected chi connectivity index (χ0v) is 24.9. The van der Waals surface area contributed by atoms with Gasteiger partial charge in [0.15, 0.2) is 11.6 Å². The minimum Gasteiger partial charge on any atom is -0.507 e. The molecule has 5 aliphatic rings. The Bertz CT molecular complexity index is 1910. The summed E-state index contributed by atoms with van der Waals surface area (Å²) in [6, 6.07) is 18.7. The maximum atomic E-state index is 14.3. The van der Waals surface area contributed by atoms with Crippen LogP contribution in [0.3, 0.4) is 0 Å². The number of nitrogens with zero attached hydrogens (tertiary/aromatic N) is 2. The van der Waals surface area contributed by atoms with E-state index in [0.717, 1.165) is 29.7 Å². The maximum Gasteiger partial charge on any atom is 0.238 e. The van der Waals surface area contributed by atoms with E-state index >= 15 is 0 Å². The first-order valence-electron chi connectivity index (χ1n) is 15.5. The van der Waals surface area contributed by atoms with Gasteiger partial charge >= 0.3 is 0 Å². The molecule has 2 heterocycles. The number of aromatic hydroxyl groups is 1. The Hall–Kier alpha value is -4.82. The summed E-state index contributed by atoms with van der Waals surface area (Å²) in [6.07, 6.45) is 3.90. The molecule has 4 unspecified atom stereocenters. The quantitative estimate of drug-likeness (QED) is 0.256. The molecule has 2 fully saturated rings. The molecule has 2 amide bonds. The summed E-state index contributed by atoms with van der Waals surface area (Å²) in [6.45, 7) is 4.51. The van der Waals surface area contributed by atoms with Crippen LogP contribution in [-0.2, 0) is 23.9 Å². The van der Waals surface area contributed by atoms with E-state index in [1.165, 1.54) is 11.0 Å².